The van der Waals surface area contributed by atoms with Crippen molar-refractivity contribution in [2.45, 2.75) is 29.6 Å². The number of rotatable bonds is 7. The molecule has 9 heteroatoms. The summed E-state index contributed by atoms with van der Waals surface area (Å²) in [6, 6.07) is 5.19. The summed E-state index contributed by atoms with van der Waals surface area (Å²) >= 11 is 1.49. The minimum absolute atomic E-state index is 0.0517. The molecule has 33 heavy (non-hydrogen) atoms. The van der Waals surface area contributed by atoms with Crippen LogP contribution >= 0.6 is 11.8 Å². The number of fused-ring (bicyclic) bond motifs is 1. The Balaban J connectivity index is 2.07. The van der Waals surface area contributed by atoms with Gasteiger partial charge in [0.2, 0.25) is 0 Å². The Morgan fingerprint density at radius 3 is 2.58 bits per heavy atom. The quantitative estimate of drug-likeness (QED) is 0.558. The lowest BCUT2D eigenvalue weighted by atomic mass is 9.92. The van der Waals surface area contributed by atoms with Gasteiger partial charge in [0.25, 0.3) is 5.91 Å². The van der Waals surface area contributed by atoms with E-state index in [9.17, 15) is 14.4 Å². The number of likely N-dealkylation sites (N-methyl/N-ethyl adjacent to an activating group) is 1. The van der Waals surface area contributed by atoms with Crippen molar-refractivity contribution in [1.29, 1.82) is 0 Å². The van der Waals surface area contributed by atoms with Crippen LogP contribution in [0.1, 0.15) is 23.7 Å². The highest BCUT2D eigenvalue weighted by Crippen LogP contribution is 2.44. The number of esters is 2. The third-order valence-electron chi connectivity index (χ3n) is 5.56. The Morgan fingerprint density at radius 1 is 1.24 bits per heavy atom. The summed E-state index contributed by atoms with van der Waals surface area (Å²) in [6.07, 6.45) is 5.51. The number of allylic oxidation sites excluding steroid dienone is 3. The minimum atomic E-state index is -0.976. The summed E-state index contributed by atoms with van der Waals surface area (Å²) in [5, 5.41) is -0.348. The van der Waals surface area contributed by atoms with Crippen LogP contribution in [-0.4, -0.2) is 75.5 Å². The Morgan fingerprint density at radius 2 is 2.00 bits per heavy atom. The number of anilines is 1. The first-order chi connectivity index (χ1) is 15.7. The summed E-state index contributed by atoms with van der Waals surface area (Å²) in [4.78, 5) is 42.4. The summed E-state index contributed by atoms with van der Waals surface area (Å²) in [5.74, 6) is -0.589. The number of carbonyl (C=O) groups is 3. The van der Waals surface area contributed by atoms with Gasteiger partial charge in [0, 0.05) is 24.9 Å². The van der Waals surface area contributed by atoms with Gasteiger partial charge in [-0.2, -0.15) is 0 Å². The number of thioether (sulfide) groups is 1. The molecule has 0 bridgehead atoms. The van der Waals surface area contributed by atoms with Crippen LogP contribution < -0.4 is 4.90 Å². The van der Waals surface area contributed by atoms with Crippen molar-refractivity contribution >= 4 is 35.3 Å². The normalized spacial score (nSPS) is 22.4. The predicted octanol–water partition coefficient (Wildman–Crippen LogP) is 2.88. The van der Waals surface area contributed by atoms with Crippen molar-refractivity contribution in [3.05, 3.63) is 47.7 Å². The fourth-order valence-electron chi connectivity index (χ4n) is 3.85. The smallest absolute Gasteiger partial charge is 0.337 e. The molecule has 1 heterocycles. The van der Waals surface area contributed by atoms with E-state index >= 15 is 0 Å². The Hall–Kier alpha value is -2.78. The van der Waals surface area contributed by atoms with E-state index in [0.29, 0.717) is 30.8 Å². The number of hydrogen-bond donors (Lipinski definition) is 0. The molecule has 3 rings (SSSR count). The third kappa shape index (κ3) is 5.78. The van der Waals surface area contributed by atoms with Crippen molar-refractivity contribution in [2.24, 2.45) is 5.92 Å². The van der Waals surface area contributed by atoms with Gasteiger partial charge < -0.3 is 24.0 Å². The minimum Gasteiger partial charge on any atom is -0.497 e. The number of ether oxygens (including phenoxy) is 3. The molecule has 3 unspecified atom stereocenters. The molecule has 0 aromatic heterocycles. The maximum atomic E-state index is 13.8. The fraction of sp³-hybridized carbons (Fsp3) is 0.458. The van der Waals surface area contributed by atoms with Crippen molar-refractivity contribution in [1.82, 2.24) is 4.90 Å². The second-order valence-corrected chi connectivity index (χ2v) is 9.37. The average Bonchev–Trinajstić information content (AvgIpc) is 2.91. The molecule has 0 spiro atoms. The zero-order valence-electron chi connectivity index (χ0n) is 19.6. The maximum Gasteiger partial charge on any atom is 0.337 e. The Labute approximate surface area is 198 Å². The Kier molecular flexibility index (Phi) is 8.20. The lowest BCUT2D eigenvalue weighted by Crippen LogP contribution is -2.48. The molecule has 178 valence electrons. The first-order valence-corrected chi connectivity index (χ1v) is 11.6. The average molecular weight is 475 g/mol. The molecule has 0 saturated heterocycles. The second kappa shape index (κ2) is 10.9. The molecule has 0 N–H and O–H groups in total. The molecule has 3 atom stereocenters. The number of amides is 1. The molecule has 0 radical (unpaired) electrons. The fourth-order valence-corrected chi connectivity index (χ4v) is 5.25. The molecule has 0 saturated carbocycles. The molecule has 1 aliphatic heterocycles. The van der Waals surface area contributed by atoms with Gasteiger partial charge in [-0.1, -0.05) is 6.08 Å². The SMILES string of the molecule is COC(=O)c1ccc2c(c1)N(CCN(C)C)C(=O)C(OC(C)=O)C(C1C=CC(OC)=CC1)S2. The van der Waals surface area contributed by atoms with Gasteiger partial charge in [0.1, 0.15) is 5.76 Å². The summed E-state index contributed by atoms with van der Waals surface area (Å²) in [5.41, 5.74) is 0.967. The second-order valence-electron chi connectivity index (χ2n) is 8.15. The highest BCUT2D eigenvalue weighted by atomic mass is 32.2. The lowest BCUT2D eigenvalue weighted by molar-refractivity contribution is -0.153. The molecule has 1 amide bonds. The van der Waals surface area contributed by atoms with E-state index in [-0.39, 0.29) is 17.1 Å². The van der Waals surface area contributed by atoms with Crippen LogP contribution in [0.3, 0.4) is 0 Å². The van der Waals surface area contributed by atoms with Gasteiger partial charge >= 0.3 is 11.9 Å². The monoisotopic (exact) mass is 474 g/mol. The molecule has 1 aromatic rings. The molecular formula is C24H30N2O6S. The van der Waals surface area contributed by atoms with E-state index in [2.05, 4.69) is 0 Å². The van der Waals surface area contributed by atoms with Crippen LogP contribution in [0, 0.1) is 5.92 Å². The zero-order valence-corrected chi connectivity index (χ0v) is 20.4. The first-order valence-electron chi connectivity index (χ1n) is 10.7. The van der Waals surface area contributed by atoms with Crippen LogP contribution in [0.15, 0.2) is 47.1 Å². The van der Waals surface area contributed by atoms with Crippen LogP contribution in [-0.2, 0) is 23.8 Å². The van der Waals surface area contributed by atoms with E-state index in [1.54, 1.807) is 24.1 Å². The highest BCUT2D eigenvalue weighted by molar-refractivity contribution is 8.00. The molecule has 0 fully saturated rings. The van der Waals surface area contributed by atoms with Gasteiger partial charge in [0.05, 0.1) is 30.7 Å². The standard InChI is InChI=1S/C24H30N2O6S/c1-15(27)32-21-22(16-6-9-18(30-4)10-7-16)33-20-11-8-17(24(29)31-5)14-19(20)26(23(21)28)13-12-25(2)3/h6,8-11,14,16,21-22H,7,12-13H2,1-5H3. The Bertz CT molecular complexity index is 974. The van der Waals surface area contributed by atoms with Crippen molar-refractivity contribution in [2.75, 3.05) is 46.3 Å². The van der Waals surface area contributed by atoms with Crippen LogP contribution in [0.2, 0.25) is 0 Å². The van der Waals surface area contributed by atoms with Crippen molar-refractivity contribution in [3.63, 3.8) is 0 Å². The molecule has 8 nitrogen and oxygen atoms in total. The molecular weight excluding hydrogens is 444 g/mol. The number of nitrogens with zero attached hydrogens (tertiary/aromatic N) is 2. The number of methoxy groups -OCH3 is 2. The zero-order chi connectivity index (χ0) is 24.1. The van der Waals surface area contributed by atoms with E-state index < -0.39 is 18.0 Å². The van der Waals surface area contributed by atoms with Gasteiger partial charge in [-0.05, 0) is 56.8 Å². The van der Waals surface area contributed by atoms with E-state index in [1.807, 2.05) is 43.3 Å². The van der Waals surface area contributed by atoms with Crippen LogP contribution in [0.25, 0.3) is 0 Å². The van der Waals surface area contributed by atoms with Gasteiger partial charge in [-0.15, -0.1) is 11.8 Å². The largest absolute Gasteiger partial charge is 0.497 e. The van der Waals surface area contributed by atoms with Gasteiger partial charge in [-0.25, -0.2) is 4.79 Å². The molecule has 1 aromatic carbocycles. The van der Waals surface area contributed by atoms with Gasteiger partial charge in [-0.3, -0.25) is 9.59 Å². The van der Waals surface area contributed by atoms with E-state index in [1.165, 1.54) is 25.8 Å². The summed E-state index contributed by atoms with van der Waals surface area (Å²) in [6.45, 7) is 2.29. The van der Waals surface area contributed by atoms with Crippen molar-refractivity contribution < 1.29 is 28.6 Å². The maximum absolute atomic E-state index is 13.8. The molecule has 1 aliphatic carbocycles. The summed E-state index contributed by atoms with van der Waals surface area (Å²) < 4.78 is 15.8. The lowest BCUT2D eigenvalue weighted by Gasteiger charge is -2.31. The number of benzene rings is 1. The summed E-state index contributed by atoms with van der Waals surface area (Å²) in [7, 11) is 6.77. The van der Waals surface area contributed by atoms with Crippen LogP contribution in [0.4, 0.5) is 5.69 Å². The number of carbonyl (C=O) groups excluding carboxylic acids is 3. The predicted molar refractivity (Wildman–Crippen MR) is 126 cm³/mol. The van der Waals surface area contributed by atoms with E-state index in [0.717, 1.165) is 10.7 Å². The van der Waals surface area contributed by atoms with E-state index in [4.69, 9.17) is 14.2 Å². The molecule has 2 aliphatic rings. The van der Waals surface area contributed by atoms with Gasteiger partial charge in [0.15, 0.2) is 6.10 Å². The topological polar surface area (TPSA) is 85.4 Å². The number of hydrogen-bond acceptors (Lipinski definition) is 8. The third-order valence-corrected chi connectivity index (χ3v) is 7.03. The highest BCUT2D eigenvalue weighted by Gasteiger charge is 2.43. The van der Waals surface area contributed by atoms with Crippen LogP contribution in [0.5, 0.6) is 0 Å². The van der Waals surface area contributed by atoms with Crippen molar-refractivity contribution in [3.8, 4) is 0 Å². The first kappa shape index (κ1) is 24.9.